The molecule has 0 spiro atoms. The first-order chi connectivity index (χ1) is 14.1. The summed E-state index contributed by atoms with van der Waals surface area (Å²) in [6.45, 7) is 2.45. The highest BCUT2D eigenvalue weighted by Gasteiger charge is 2.17. The molecule has 160 valence electrons. The van der Waals surface area contributed by atoms with Crippen LogP contribution in [0.25, 0.3) is 0 Å². The topological polar surface area (TPSA) is 59.1 Å². The Balaban J connectivity index is 1.75. The van der Waals surface area contributed by atoms with Gasteiger partial charge >= 0.3 is 0 Å². The Morgan fingerprint density at radius 3 is 2.07 bits per heavy atom. The first-order valence-electron chi connectivity index (χ1n) is 11.1. The zero-order valence-corrected chi connectivity index (χ0v) is 18.6. The number of hydrogen-bond donors (Lipinski definition) is 1. The van der Waals surface area contributed by atoms with Crippen molar-refractivity contribution in [2.75, 3.05) is 0 Å². The number of rotatable bonds is 15. The number of benzene rings is 1. The molecule has 0 saturated heterocycles. The minimum atomic E-state index is -3.54. The minimum Gasteiger partial charge on any atom is -0.260 e. The van der Waals surface area contributed by atoms with Crippen LogP contribution in [0.5, 0.6) is 0 Å². The van der Waals surface area contributed by atoms with Gasteiger partial charge in [-0.05, 0) is 36.6 Å². The maximum absolute atomic E-state index is 12.8. The normalized spacial score (nSPS) is 11.6. The van der Waals surface area contributed by atoms with E-state index < -0.39 is 10.0 Å². The Morgan fingerprint density at radius 1 is 0.793 bits per heavy atom. The molecule has 5 heteroatoms. The second-order valence-corrected chi connectivity index (χ2v) is 9.42. The molecule has 1 heterocycles. The van der Waals surface area contributed by atoms with E-state index in [9.17, 15) is 8.42 Å². The average molecular weight is 417 g/mol. The van der Waals surface area contributed by atoms with Crippen LogP contribution < -0.4 is 4.72 Å². The van der Waals surface area contributed by atoms with Gasteiger partial charge in [0.2, 0.25) is 10.0 Å². The summed E-state index contributed by atoms with van der Waals surface area (Å²) in [5, 5.41) is 0. The Morgan fingerprint density at radius 2 is 1.41 bits per heavy atom. The van der Waals surface area contributed by atoms with Gasteiger partial charge in [-0.15, -0.1) is 0 Å². The van der Waals surface area contributed by atoms with Crippen molar-refractivity contribution in [3.8, 4) is 0 Å². The predicted octanol–water partition coefficient (Wildman–Crippen LogP) is 6.02. The number of nitrogens with one attached hydrogen (secondary N) is 1. The molecule has 0 atom stereocenters. The molecule has 2 rings (SSSR count). The van der Waals surface area contributed by atoms with Gasteiger partial charge in [-0.2, -0.15) is 0 Å². The number of nitrogens with zero attached hydrogens (tertiary/aromatic N) is 1. The number of aryl methyl sites for hydroxylation is 1. The molecule has 1 aromatic heterocycles. The van der Waals surface area contributed by atoms with Crippen molar-refractivity contribution >= 4 is 10.0 Å². The van der Waals surface area contributed by atoms with E-state index in [-0.39, 0.29) is 6.54 Å². The molecule has 0 saturated carbocycles. The van der Waals surface area contributed by atoms with Gasteiger partial charge in [0.25, 0.3) is 0 Å². The molecule has 1 aromatic carbocycles. The van der Waals surface area contributed by atoms with Crippen molar-refractivity contribution in [3.05, 3.63) is 59.9 Å². The summed E-state index contributed by atoms with van der Waals surface area (Å²) in [5.74, 6) is 0. The lowest BCUT2D eigenvalue weighted by Gasteiger charge is -2.11. The maximum atomic E-state index is 12.8. The van der Waals surface area contributed by atoms with Crippen LogP contribution in [0.2, 0.25) is 0 Å². The third-order valence-corrected chi connectivity index (χ3v) is 6.73. The third kappa shape index (κ3) is 9.09. The van der Waals surface area contributed by atoms with Gasteiger partial charge < -0.3 is 0 Å². The van der Waals surface area contributed by atoms with Crippen LogP contribution in [-0.2, 0) is 23.0 Å². The van der Waals surface area contributed by atoms with E-state index in [0.717, 1.165) is 24.8 Å². The number of hydrogen-bond acceptors (Lipinski definition) is 3. The second-order valence-electron chi connectivity index (χ2n) is 7.69. The van der Waals surface area contributed by atoms with Crippen molar-refractivity contribution in [3.63, 3.8) is 0 Å². The molecule has 1 N–H and O–H groups in total. The van der Waals surface area contributed by atoms with E-state index in [2.05, 4.69) is 16.6 Å². The zero-order valence-electron chi connectivity index (χ0n) is 17.8. The average Bonchev–Trinajstić information content (AvgIpc) is 2.75. The molecule has 0 aliphatic rings. The van der Waals surface area contributed by atoms with Gasteiger partial charge in [0.1, 0.15) is 0 Å². The van der Waals surface area contributed by atoms with Gasteiger partial charge in [0, 0.05) is 6.20 Å². The summed E-state index contributed by atoms with van der Waals surface area (Å²) in [7, 11) is -3.54. The van der Waals surface area contributed by atoms with Crippen molar-refractivity contribution in [1.82, 2.24) is 9.71 Å². The lowest BCUT2D eigenvalue weighted by atomic mass is 10.0. The monoisotopic (exact) mass is 416 g/mol. The molecule has 0 fully saturated rings. The van der Waals surface area contributed by atoms with Gasteiger partial charge in [0.05, 0.1) is 17.1 Å². The summed E-state index contributed by atoms with van der Waals surface area (Å²) in [6.07, 6.45) is 15.3. The number of sulfonamides is 1. The van der Waals surface area contributed by atoms with Gasteiger partial charge in [-0.1, -0.05) is 89.0 Å². The van der Waals surface area contributed by atoms with Gasteiger partial charge in [0.15, 0.2) is 0 Å². The highest BCUT2D eigenvalue weighted by molar-refractivity contribution is 7.89. The molecular formula is C24H36N2O2S. The summed E-state index contributed by atoms with van der Waals surface area (Å²) in [6, 6.07) is 12.8. The maximum Gasteiger partial charge on any atom is 0.241 e. The SMILES string of the molecule is CCCCCCCCCCCCc1ccccc1S(=O)(=O)NCc1ccccn1. The zero-order chi connectivity index (χ0) is 20.8. The lowest BCUT2D eigenvalue weighted by molar-refractivity contribution is 0.554. The molecule has 2 aromatic rings. The lowest BCUT2D eigenvalue weighted by Crippen LogP contribution is -2.24. The molecule has 29 heavy (non-hydrogen) atoms. The third-order valence-electron chi connectivity index (χ3n) is 5.23. The fraction of sp³-hybridized carbons (Fsp3) is 0.542. The minimum absolute atomic E-state index is 0.204. The molecule has 0 amide bonds. The fourth-order valence-corrected chi connectivity index (χ4v) is 4.79. The summed E-state index contributed by atoms with van der Waals surface area (Å²) in [5.41, 5.74) is 1.61. The summed E-state index contributed by atoms with van der Waals surface area (Å²) in [4.78, 5) is 4.57. The van der Waals surface area contributed by atoms with E-state index >= 15 is 0 Å². The van der Waals surface area contributed by atoms with Crippen LogP contribution >= 0.6 is 0 Å². The van der Waals surface area contributed by atoms with E-state index in [1.807, 2.05) is 30.3 Å². The molecule has 0 radical (unpaired) electrons. The Kier molecular flexibility index (Phi) is 11.0. The number of aromatic nitrogens is 1. The van der Waals surface area contributed by atoms with Crippen LogP contribution in [0.15, 0.2) is 53.6 Å². The largest absolute Gasteiger partial charge is 0.260 e. The Labute approximate surface area is 177 Å². The molecule has 0 aliphatic heterocycles. The van der Waals surface area contributed by atoms with Crippen LogP contribution in [0.1, 0.15) is 82.4 Å². The quantitative estimate of drug-likeness (QED) is 0.361. The first-order valence-corrected chi connectivity index (χ1v) is 12.6. The molecule has 0 unspecified atom stereocenters. The van der Waals surface area contributed by atoms with Gasteiger partial charge in [-0.3, -0.25) is 4.98 Å². The van der Waals surface area contributed by atoms with Gasteiger partial charge in [-0.25, -0.2) is 13.1 Å². The van der Waals surface area contributed by atoms with Crippen LogP contribution in [0.4, 0.5) is 0 Å². The predicted molar refractivity (Wildman–Crippen MR) is 120 cm³/mol. The van der Waals surface area contributed by atoms with Crippen LogP contribution in [0, 0.1) is 0 Å². The van der Waals surface area contributed by atoms with E-state index in [0.29, 0.717) is 10.6 Å². The Hall–Kier alpha value is -1.72. The van der Waals surface area contributed by atoms with Crippen molar-refractivity contribution in [2.45, 2.75) is 89.0 Å². The standard InChI is InChI=1S/C24H36N2O2S/c1-2-3-4-5-6-7-8-9-10-11-16-22-17-12-13-19-24(22)29(27,28)26-21-23-18-14-15-20-25-23/h12-15,17-20,26H,2-11,16,21H2,1H3. The van der Waals surface area contributed by atoms with Crippen molar-refractivity contribution in [1.29, 1.82) is 0 Å². The summed E-state index contributed by atoms with van der Waals surface area (Å²) >= 11 is 0. The molecular weight excluding hydrogens is 380 g/mol. The fourth-order valence-electron chi connectivity index (χ4n) is 3.52. The smallest absolute Gasteiger partial charge is 0.241 e. The van der Waals surface area contributed by atoms with E-state index in [1.165, 1.54) is 51.4 Å². The Bertz CT molecular complexity index is 792. The highest BCUT2D eigenvalue weighted by atomic mass is 32.2. The number of pyridine rings is 1. The van der Waals surface area contributed by atoms with E-state index in [4.69, 9.17) is 0 Å². The molecule has 4 nitrogen and oxygen atoms in total. The number of unbranched alkanes of at least 4 members (excludes halogenated alkanes) is 9. The van der Waals surface area contributed by atoms with Crippen molar-refractivity contribution < 1.29 is 8.42 Å². The van der Waals surface area contributed by atoms with Crippen LogP contribution in [0.3, 0.4) is 0 Å². The molecule has 0 bridgehead atoms. The highest BCUT2D eigenvalue weighted by Crippen LogP contribution is 2.19. The van der Waals surface area contributed by atoms with E-state index in [1.54, 1.807) is 18.3 Å². The molecule has 0 aliphatic carbocycles. The van der Waals surface area contributed by atoms with Crippen LogP contribution in [-0.4, -0.2) is 13.4 Å². The van der Waals surface area contributed by atoms with Crippen molar-refractivity contribution in [2.24, 2.45) is 0 Å². The first kappa shape index (κ1) is 23.6. The summed E-state index contributed by atoms with van der Waals surface area (Å²) < 4.78 is 28.2. The second kappa shape index (κ2) is 13.5.